The number of rotatable bonds is 10. The first-order chi connectivity index (χ1) is 17.8. The molecular weight excluding hydrogens is 531 g/mol. The molecule has 0 atom stereocenters. The molecule has 4 rings (SSSR count). The summed E-state index contributed by atoms with van der Waals surface area (Å²) < 4.78 is 33.9. The second-order valence-electron chi connectivity index (χ2n) is 8.14. The number of benzene rings is 4. The van der Waals surface area contributed by atoms with E-state index in [0.29, 0.717) is 23.6 Å². The van der Waals surface area contributed by atoms with Crippen LogP contribution in [0.5, 0.6) is 11.5 Å². The van der Waals surface area contributed by atoms with Crippen molar-refractivity contribution >= 4 is 44.8 Å². The smallest absolute Gasteiger partial charge is 0.245 e. The van der Waals surface area contributed by atoms with Crippen molar-refractivity contribution in [1.82, 2.24) is 4.31 Å². The molecule has 0 fully saturated rings. The van der Waals surface area contributed by atoms with E-state index >= 15 is 0 Å². The van der Waals surface area contributed by atoms with Gasteiger partial charge in [0.2, 0.25) is 15.9 Å². The molecule has 37 heavy (non-hydrogen) atoms. The van der Waals surface area contributed by atoms with Crippen LogP contribution < -0.4 is 10.1 Å². The second-order valence-corrected chi connectivity index (χ2v) is 10.9. The van der Waals surface area contributed by atoms with E-state index in [1.807, 2.05) is 60.7 Å². The van der Waals surface area contributed by atoms with Crippen LogP contribution in [0, 0.1) is 0 Å². The predicted molar refractivity (Wildman–Crippen MR) is 147 cm³/mol. The Kier molecular flexibility index (Phi) is 8.84. The third-order valence-electron chi connectivity index (χ3n) is 5.44. The van der Waals surface area contributed by atoms with Gasteiger partial charge in [0.05, 0.1) is 11.6 Å². The third kappa shape index (κ3) is 7.33. The summed E-state index contributed by atoms with van der Waals surface area (Å²) in [6.07, 6.45) is 0.414. The topological polar surface area (TPSA) is 75.7 Å². The first-order valence-electron chi connectivity index (χ1n) is 11.4. The van der Waals surface area contributed by atoms with Crippen LogP contribution in [0.15, 0.2) is 108 Å². The Morgan fingerprint density at radius 1 is 0.811 bits per heavy atom. The summed E-state index contributed by atoms with van der Waals surface area (Å²) in [6, 6.07) is 29.8. The highest BCUT2D eigenvalue weighted by atomic mass is 35.5. The Bertz CT molecular complexity index is 1450. The van der Waals surface area contributed by atoms with Gasteiger partial charge in [-0.25, -0.2) is 8.42 Å². The molecule has 0 heterocycles. The molecule has 0 aliphatic heterocycles. The summed E-state index contributed by atoms with van der Waals surface area (Å²) >= 11 is 12.3. The molecular formula is C28H24Cl2N2O4S. The number of carbonyl (C=O) groups excluding carboxylic acids is 1. The van der Waals surface area contributed by atoms with Gasteiger partial charge in [0.15, 0.2) is 0 Å². The second kappa shape index (κ2) is 12.3. The average Bonchev–Trinajstić information content (AvgIpc) is 2.90. The maximum atomic E-state index is 13.5. The van der Waals surface area contributed by atoms with Crippen LogP contribution in [0.1, 0.15) is 5.56 Å². The lowest BCUT2D eigenvalue weighted by Gasteiger charge is -2.22. The first kappa shape index (κ1) is 26.7. The zero-order valence-electron chi connectivity index (χ0n) is 19.7. The first-order valence-corrected chi connectivity index (χ1v) is 13.6. The fourth-order valence-corrected chi connectivity index (χ4v) is 5.72. The van der Waals surface area contributed by atoms with E-state index in [1.165, 1.54) is 18.2 Å². The molecule has 9 heteroatoms. The molecule has 1 amide bonds. The van der Waals surface area contributed by atoms with Crippen LogP contribution in [0.2, 0.25) is 10.0 Å². The minimum Gasteiger partial charge on any atom is -0.457 e. The van der Waals surface area contributed by atoms with Crippen molar-refractivity contribution in [2.24, 2.45) is 0 Å². The van der Waals surface area contributed by atoms with E-state index in [2.05, 4.69) is 5.32 Å². The highest BCUT2D eigenvalue weighted by molar-refractivity contribution is 7.89. The van der Waals surface area contributed by atoms with Crippen molar-refractivity contribution < 1.29 is 17.9 Å². The zero-order chi connectivity index (χ0) is 26.3. The molecule has 0 unspecified atom stereocenters. The summed E-state index contributed by atoms with van der Waals surface area (Å²) in [4.78, 5) is 12.8. The Balaban J connectivity index is 1.49. The number of nitrogens with one attached hydrogen (secondary N) is 1. The summed E-state index contributed by atoms with van der Waals surface area (Å²) in [5.41, 5.74) is 1.45. The lowest BCUT2D eigenvalue weighted by atomic mass is 10.1. The van der Waals surface area contributed by atoms with E-state index < -0.39 is 22.5 Å². The maximum absolute atomic E-state index is 13.5. The Labute approximate surface area is 226 Å². The van der Waals surface area contributed by atoms with Gasteiger partial charge in [-0.1, -0.05) is 71.7 Å². The van der Waals surface area contributed by atoms with Crippen molar-refractivity contribution in [2.75, 3.05) is 18.4 Å². The van der Waals surface area contributed by atoms with E-state index in [-0.39, 0.29) is 21.5 Å². The van der Waals surface area contributed by atoms with Gasteiger partial charge in [0.25, 0.3) is 0 Å². The summed E-state index contributed by atoms with van der Waals surface area (Å²) in [7, 11) is -4.12. The molecule has 0 radical (unpaired) electrons. The molecule has 0 aromatic heterocycles. The lowest BCUT2D eigenvalue weighted by Crippen LogP contribution is -2.39. The van der Waals surface area contributed by atoms with E-state index in [4.69, 9.17) is 27.9 Å². The number of hydrogen-bond donors (Lipinski definition) is 1. The fourth-order valence-electron chi connectivity index (χ4n) is 3.59. The SMILES string of the molecule is O=C(CN(CCc1ccccc1)S(=O)(=O)c1cc(Cl)ccc1Cl)Nc1ccc(Oc2ccccc2)cc1. The predicted octanol–water partition coefficient (Wildman–Crippen LogP) is 6.66. The van der Waals surface area contributed by atoms with Gasteiger partial charge in [0, 0.05) is 17.3 Å². The van der Waals surface area contributed by atoms with Crippen LogP contribution in [0.3, 0.4) is 0 Å². The third-order valence-corrected chi connectivity index (χ3v) is 8.00. The molecule has 0 saturated carbocycles. The number of anilines is 1. The normalized spacial score (nSPS) is 11.3. The number of halogens is 2. The van der Waals surface area contributed by atoms with Crippen molar-refractivity contribution in [3.63, 3.8) is 0 Å². The van der Waals surface area contributed by atoms with Crippen LogP contribution in [-0.4, -0.2) is 31.7 Å². The number of nitrogens with zero attached hydrogens (tertiary/aromatic N) is 1. The minimum absolute atomic E-state index is 0.0310. The fraction of sp³-hybridized carbons (Fsp3) is 0.107. The highest BCUT2D eigenvalue weighted by Gasteiger charge is 2.29. The molecule has 0 saturated heterocycles. The molecule has 1 N–H and O–H groups in total. The van der Waals surface area contributed by atoms with Gasteiger partial charge in [-0.15, -0.1) is 0 Å². The van der Waals surface area contributed by atoms with Gasteiger partial charge in [-0.2, -0.15) is 4.31 Å². The van der Waals surface area contributed by atoms with Gasteiger partial charge in [-0.3, -0.25) is 4.79 Å². The molecule has 4 aromatic carbocycles. The Morgan fingerprint density at radius 2 is 1.43 bits per heavy atom. The number of ether oxygens (including phenoxy) is 1. The highest BCUT2D eigenvalue weighted by Crippen LogP contribution is 2.28. The summed E-state index contributed by atoms with van der Waals surface area (Å²) in [5.74, 6) is 0.802. The lowest BCUT2D eigenvalue weighted by molar-refractivity contribution is -0.116. The van der Waals surface area contributed by atoms with Crippen molar-refractivity contribution in [3.8, 4) is 11.5 Å². The van der Waals surface area contributed by atoms with Crippen molar-refractivity contribution in [1.29, 1.82) is 0 Å². The standard InChI is InChI=1S/C28H24Cl2N2O4S/c29-22-11-16-26(30)27(19-22)37(34,35)32(18-17-21-7-3-1-4-8-21)20-28(33)31-23-12-14-25(15-13-23)36-24-9-5-2-6-10-24/h1-16,19H,17-18,20H2,(H,31,33). The number of sulfonamides is 1. The van der Waals surface area contributed by atoms with Crippen molar-refractivity contribution in [3.05, 3.63) is 119 Å². The molecule has 0 spiro atoms. The number of para-hydroxylation sites is 1. The molecule has 0 bridgehead atoms. The van der Waals surface area contributed by atoms with Crippen LogP contribution in [-0.2, 0) is 21.2 Å². The minimum atomic E-state index is -4.12. The quantitative estimate of drug-likeness (QED) is 0.238. The number of hydrogen-bond acceptors (Lipinski definition) is 4. The van der Waals surface area contributed by atoms with Gasteiger partial charge in [0.1, 0.15) is 16.4 Å². The largest absolute Gasteiger partial charge is 0.457 e. The Morgan fingerprint density at radius 3 is 2.11 bits per heavy atom. The zero-order valence-corrected chi connectivity index (χ0v) is 22.0. The van der Waals surface area contributed by atoms with Crippen LogP contribution in [0.25, 0.3) is 0 Å². The molecule has 190 valence electrons. The van der Waals surface area contributed by atoms with Gasteiger partial charge < -0.3 is 10.1 Å². The number of carbonyl (C=O) groups is 1. The average molecular weight is 555 g/mol. The van der Waals surface area contributed by atoms with E-state index in [0.717, 1.165) is 9.87 Å². The summed E-state index contributed by atoms with van der Waals surface area (Å²) in [5, 5.41) is 3.01. The van der Waals surface area contributed by atoms with Crippen molar-refractivity contribution in [2.45, 2.75) is 11.3 Å². The van der Waals surface area contributed by atoms with E-state index in [1.54, 1.807) is 24.3 Å². The monoisotopic (exact) mass is 554 g/mol. The summed E-state index contributed by atoms with van der Waals surface area (Å²) in [6.45, 7) is -0.327. The van der Waals surface area contributed by atoms with Crippen LogP contribution in [0.4, 0.5) is 5.69 Å². The molecule has 0 aliphatic carbocycles. The molecule has 4 aromatic rings. The van der Waals surface area contributed by atoms with Gasteiger partial charge in [-0.05, 0) is 66.6 Å². The molecule has 0 aliphatic rings. The Hall–Kier alpha value is -3.36. The van der Waals surface area contributed by atoms with Gasteiger partial charge >= 0.3 is 0 Å². The number of amides is 1. The molecule has 6 nitrogen and oxygen atoms in total. The van der Waals surface area contributed by atoms with E-state index in [9.17, 15) is 13.2 Å². The van der Waals surface area contributed by atoms with Crippen LogP contribution >= 0.6 is 23.2 Å². The maximum Gasteiger partial charge on any atom is 0.245 e.